The van der Waals surface area contributed by atoms with Crippen LogP contribution in [0.4, 0.5) is 0 Å². The van der Waals surface area contributed by atoms with Crippen LogP contribution in [-0.2, 0) is 24.1 Å². The molecule has 0 aromatic heterocycles. The topological polar surface area (TPSA) is 40.5 Å². The molecule has 108 valence electrons. The lowest BCUT2D eigenvalue weighted by Gasteiger charge is -2.29. The van der Waals surface area contributed by atoms with E-state index in [-0.39, 0.29) is 12.0 Å². The van der Waals surface area contributed by atoms with Gasteiger partial charge in [-0.25, -0.2) is 0 Å². The summed E-state index contributed by atoms with van der Waals surface area (Å²) < 4.78 is 0. The maximum absolute atomic E-state index is 12.3. The maximum Gasteiger partial charge on any atom is 0.226 e. The Morgan fingerprint density at radius 3 is 2.60 bits per heavy atom. The number of rotatable bonds is 2. The first-order chi connectivity index (χ1) is 9.72. The van der Waals surface area contributed by atoms with Crippen LogP contribution in [0.5, 0.6) is 0 Å². The smallest absolute Gasteiger partial charge is 0.226 e. The highest BCUT2D eigenvalue weighted by Gasteiger charge is 2.21. The molecule has 0 spiro atoms. The molecule has 3 rings (SSSR count). The first-order valence-corrected chi connectivity index (χ1v) is 7.79. The van der Waals surface area contributed by atoms with Gasteiger partial charge in [0.25, 0.3) is 0 Å². The molecule has 1 aromatic rings. The van der Waals surface area contributed by atoms with Crippen molar-refractivity contribution in [3.63, 3.8) is 0 Å². The first-order valence-electron chi connectivity index (χ1n) is 7.79. The van der Waals surface area contributed by atoms with Crippen molar-refractivity contribution in [2.24, 2.45) is 0 Å². The summed E-state index contributed by atoms with van der Waals surface area (Å²) in [6.07, 6.45) is 6.63. The normalized spacial score (nSPS) is 19.8. The highest BCUT2D eigenvalue weighted by Crippen LogP contribution is 2.23. The Morgan fingerprint density at radius 2 is 1.85 bits per heavy atom. The monoisotopic (exact) mass is 273 g/mol. The summed E-state index contributed by atoms with van der Waals surface area (Å²) >= 11 is 0. The van der Waals surface area contributed by atoms with Crippen LogP contribution in [0.15, 0.2) is 18.2 Å². The van der Waals surface area contributed by atoms with E-state index >= 15 is 0 Å². The minimum atomic E-state index is -0.220. The highest BCUT2D eigenvalue weighted by molar-refractivity contribution is 5.79. The number of carbonyl (C=O) groups is 1. The molecule has 0 saturated carbocycles. The number of likely N-dealkylation sites (tertiary alicyclic amines) is 1. The fraction of sp³-hybridized carbons (Fsp3) is 0.588. The quantitative estimate of drug-likeness (QED) is 0.896. The van der Waals surface area contributed by atoms with Crippen molar-refractivity contribution in [2.75, 3.05) is 13.1 Å². The number of aliphatic hydroxyl groups is 1. The number of fused-ring (bicyclic) bond motifs is 1. The van der Waals surface area contributed by atoms with Gasteiger partial charge in [-0.05, 0) is 55.2 Å². The zero-order valence-corrected chi connectivity index (χ0v) is 12.0. The molecule has 1 aliphatic heterocycles. The van der Waals surface area contributed by atoms with Gasteiger partial charge >= 0.3 is 0 Å². The summed E-state index contributed by atoms with van der Waals surface area (Å²) in [7, 11) is 0. The SMILES string of the molecule is O=C(Cc1ccc2c(c1)CCCC2)N1CCC(O)CC1. The van der Waals surface area contributed by atoms with Crippen LogP contribution in [0, 0.1) is 0 Å². The van der Waals surface area contributed by atoms with Gasteiger partial charge in [0, 0.05) is 13.1 Å². The van der Waals surface area contributed by atoms with Gasteiger partial charge in [-0.2, -0.15) is 0 Å². The molecule has 0 unspecified atom stereocenters. The van der Waals surface area contributed by atoms with Crippen LogP contribution < -0.4 is 0 Å². The van der Waals surface area contributed by atoms with Crippen molar-refractivity contribution in [3.8, 4) is 0 Å². The van der Waals surface area contributed by atoms with Crippen LogP contribution in [0.2, 0.25) is 0 Å². The third kappa shape index (κ3) is 3.04. The van der Waals surface area contributed by atoms with Crippen molar-refractivity contribution < 1.29 is 9.90 Å². The third-order valence-electron chi connectivity index (χ3n) is 4.59. The van der Waals surface area contributed by atoms with Crippen molar-refractivity contribution in [1.82, 2.24) is 4.90 Å². The van der Waals surface area contributed by atoms with Gasteiger partial charge < -0.3 is 10.0 Å². The fourth-order valence-corrected chi connectivity index (χ4v) is 3.30. The molecule has 1 saturated heterocycles. The minimum Gasteiger partial charge on any atom is -0.393 e. The molecule has 2 aliphatic rings. The molecular weight excluding hydrogens is 250 g/mol. The van der Waals surface area contributed by atoms with E-state index < -0.39 is 0 Å². The van der Waals surface area contributed by atoms with Gasteiger partial charge in [-0.15, -0.1) is 0 Å². The molecule has 1 aliphatic carbocycles. The molecule has 0 bridgehead atoms. The average molecular weight is 273 g/mol. The van der Waals surface area contributed by atoms with E-state index in [9.17, 15) is 9.90 Å². The molecule has 3 heteroatoms. The largest absolute Gasteiger partial charge is 0.393 e. The third-order valence-corrected chi connectivity index (χ3v) is 4.59. The first kappa shape index (κ1) is 13.6. The van der Waals surface area contributed by atoms with Gasteiger partial charge in [0.1, 0.15) is 0 Å². The van der Waals surface area contributed by atoms with Crippen LogP contribution in [0.1, 0.15) is 42.4 Å². The van der Waals surface area contributed by atoms with E-state index in [1.54, 1.807) is 0 Å². The summed E-state index contributed by atoms with van der Waals surface area (Å²) in [6, 6.07) is 6.54. The number of nitrogens with zero attached hydrogens (tertiary/aromatic N) is 1. The fourth-order valence-electron chi connectivity index (χ4n) is 3.30. The summed E-state index contributed by atoms with van der Waals surface area (Å²) in [5.41, 5.74) is 4.05. The second kappa shape index (κ2) is 5.96. The van der Waals surface area contributed by atoms with E-state index in [2.05, 4.69) is 18.2 Å². The second-order valence-electron chi connectivity index (χ2n) is 6.10. The van der Waals surface area contributed by atoms with E-state index in [0.717, 1.165) is 24.8 Å². The molecule has 0 radical (unpaired) electrons. The average Bonchev–Trinajstić information content (AvgIpc) is 2.48. The molecular formula is C17H23NO2. The Hall–Kier alpha value is -1.35. The van der Waals surface area contributed by atoms with Gasteiger partial charge in [0.05, 0.1) is 12.5 Å². The number of hydrogen-bond donors (Lipinski definition) is 1. The summed E-state index contributed by atoms with van der Waals surface area (Å²) in [5.74, 6) is 0.202. The van der Waals surface area contributed by atoms with E-state index in [0.29, 0.717) is 19.5 Å². The van der Waals surface area contributed by atoms with Crippen molar-refractivity contribution in [1.29, 1.82) is 0 Å². The molecule has 20 heavy (non-hydrogen) atoms. The molecule has 1 aromatic carbocycles. The Bertz CT molecular complexity index is 490. The molecule has 1 N–H and O–H groups in total. The molecule has 1 amide bonds. The van der Waals surface area contributed by atoms with Gasteiger partial charge in [0.2, 0.25) is 5.91 Å². The standard InChI is InChI=1S/C17H23NO2/c19-16-7-9-18(10-8-16)17(20)12-13-5-6-14-3-1-2-4-15(14)11-13/h5-6,11,16,19H,1-4,7-10,12H2. The zero-order chi connectivity index (χ0) is 13.9. The number of piperidine rings is 1. The van der Waals surface area contributed by atoms with Crippen LogP contribution in [0.25, 0.3) is 0 Å². The number of benzene rings is 1. The van der Waals surface area contributed by atoms with Crippen molar-refractivity contribution in [3.05, 3.63) is 34.9 Å². The van der Waals surface area contributed by atoms with Gasteiger partial charge in [-0.3, -0.25) is 4.79 Å². The summed E-state index contributed by atoms with van der Waals surface area (Å²) in [5, 5.41) is 9.49. The molecule has 3 nitrogen and oxygen atoms in total. The number of aryl methyl sites for hydroxylation is 2. The predicted molar refractivity (Wildman–Crippen MR) is 78.6 cm³/mol. The van der Waals surface area contributed by atoms with Crippen molar-refractivity contribution >= 4 is 5.91 Å². The Morgan fingerprint density at radius 1 is 1.15 bits per heavy atom. The van der Waals surface area contributed by atoms with E-state index in [4.69, 9.17) is 0 Å². The van der Waals surface area contributed by atoms with E-state index in [1.807, 2.05) is 4.90 Å². The lowest BCUT2D eigenvalue weighted by molar-refractivity contribution is -0.132. The molecule has 1 fully saturated rings. The number of amides is 1. The number of carbonyl (C=O) groups excluding carboxylic acids is 1. The zero-order valence-electron chi connectivity index (χ0n) is 12.0. The Labute approximate surface area is 120 Å². The second-order valence-corrected chi connectivity index (χ2v) is 6.10. The number of hydrogen-bond acceptors (Lipinski definition) is 2. The molecule has 0 atom stereocenters. The maximum atomic E-state index is 12.3. The lowest BCUT2D eigenvalue weighted by atomic mass is 9.90. The van der Waals surface area contributed by atoms with Gasteiger partial charge in [0.15, 0.2) is 0 Å². The minimum absolute atomic E-state index is 0.202. The number of aliphatic hydroxyl groups excluding tert-OH is 1. The van der Waals surface area contributed by atoms with Crippen molar-refractivity contribution in [2.45, 2.75) is 51.0 Å². The Kier molecular flexibility index (Phi) is 4.06. The predicted octanol–water partition coefficient (Wildman–Crippen LogP) is 2.09. The lowest BCUT2D eigenvalue weighted by Crippen LogP contribution is -2.40. The summed E-state index contributed by atoms with van der Waals surface area (Å²) in [6.45, 7) is 1.40. The Balaban J connectivity index is 1.64. The molecule has 1 heterocycles. The van der Waals surface area contributed by atoms with Crippen LogP contribution in [0.3, 0.4) is 0 Å². The summed E-state index contributed by atoms with van der Waals surface area (Å²) in [4.78, 5) is 14.2. The van der Waals surface area contributed by atoms with Crippen LogP contribution in [-0.4, -0.2) is 35.1 Å². The van der Waals surface area contributed by atoms with E-state index in [1.165, 1.54) is 30.4 Å². The highest BCUT2D eigenvalue weighted by atomic mass is 16.3. The van der Waals surface area contributed by atoms with Gasteiger partial charge in [-0.1, -0.05) is 18.2 Å². The van der Waals surface area contributed by atoms with Crippen LogP contribution >= 0.6 is 0 Å².